The third kappa shape index (κ3) is 10.1. The number of hydrogen-bond acceptors (Lipinski definition) is 3. The summed E-state index contributed by atoms with van der Waals surface area (Å²) in [6, 6.07) is 0.232. The third-order valence-corrected chi connectivity index (χ3v) is 2.41. The summed E-state index contributed by atoms with van der Waals surface area (Å²) in [5, 5.41) is 12.7. The highest BCUT2D eigenvalue weighted by molar-refractivity contribution is 4.81. The molecule has 3 heteroatoms. The largest absolute Gasteiger partial charge is 0.389 e. The molecule has 0 saturated carbocycles. The predicted octanol–water partition coefficient (Wildman–Crippen LogP) is 1.96. The van der Waals surface area contributed by atoms with Crippen LogP contribution < -0.4 is 5.32 Å². The molecule has 0 aromatic heterocycles. The molecule has 2 atom stereocenters. The summed E-state index contributed by atoms with van der Waals surface area (Å²) in [5.41, 5.74) is 0. The lowest BCUT2D eigenvalue weighted by Crippen LogP contribution is -2.35. The van der Waals surface area contributed by atoms with Gasteiger partial charge >= 0.3 is 0 Å². The highest BCUT2D eigenvalue weighted by atomic mass is 16.5. The molecule has 0 aromatic rings. The van der Waals surface area contributed by atoms with Gasteiger partial charge in [0.15, 0.2) is 0 Å². The Bertz CT molecular complexity index is 171. The van der Waals surface area contributed by atoms with Crippen LogP contribution in [0.5, 0.6) is 0 Å². The number of aliphatic hydroxyl groups is 1. The van der Waals surface area contributed by atoms with Gasteiger partial charge in [-0.15, -0.1) is 6.58 Å². The molecule has 0 bridgehead atoms. The zero-order valence-electron chi connectivity index (χ0n) is 10.9. The summed E-state index contributed by atoms with van der Waals surface area (Å²) < 4.78 is 5.40. The lowest BCUT2D eigenvalue weighted by Gasteiger charge is -2.14. The summed E-state index contributed by atoms with van der Waals surface area (Å²) in [6.07, 6.45) is 3.64. The van der Waals surface area contributed by atoms with Gasteiger partial charge in [-0.25, -0.2) is 0 Å². The van der Waals surface area contributed by atoms with E-state index < -0.39 is 6.10 Å². The van der Waals surface area contributed by atoms with Crippen LogP contribution in [0.25, 0.3) is 0 Å². The Balaban J connectivity index is 3.30. The van der Waals surface area contributed by atoms with Crippen LogP contribution in [0, 0.1) is 5.92 Å². The third-order valence-electron chi connectivity index (χ3n) is 2.41. The molecule has 2 N–H and O–H groups in total. The van der Waals surface area contributed by atoms with Gasteiger partial charge in [0.05, 0.1) is 12.7 Å². The highest BCUT2D eigenvalue weighted by Gasteiger charge is 2.05. The van der Waals surface area contributed by atoms with Crippen molar-refractivity contribution in [2.75, 3.05) is 19.8 Å². The van der Waals surface area contributed by atoms with Crippen LogP contribution in [0.1, 0.15) is 33.6 Å². The molecule has 2 unspecified atom stereocenters. The second kappa shape index (κ2) is 9.82. The first-order chi connectivity index (χ1) is 7.56. The van der Waals surface area contributed by atoms with Crippen molar-refractivity contribution in [3.63, 3.8) is 0 Å². The van der Waals surface area contributed by atoms with E-state index >= 15 is 0 Å². The Morgan fingerprint density at radius 2 is 2.06 bits per heavy atom. The van der Waals surface area contributed by atoms with Gasteiger partial charge in [-0.05, 0) is 25.7 Å². The van der Waals surface area contributed by atoms with Crippen molar-refractivity contribution in [3.8, 4) is 0 Å². The highest BCUT2D eigenvalue weighted by Crippen LogP contribution is 2.03. The molecule has 0 amide bonds. The fraction of sp³-hybridized carbons (Fsp3) is 0.846. The number of rotatable bonds is 10. The smallest absolute Gasteiger partial charge is 0.0897 e. The van der Waals surface area contributed by atoms with Gasteiger partial charge in [0.2, 0.25) is 0 Å². The zero-order valence-corrected chi connectivity index (χ0v) is 10.9. The molecule has 0 fully saturated rings. The van der Waals surface area contributed by atoms with Gasteiger partial charge in [-0.2, -0.15) is 0 Å². The van der Waals surface area contributed by atoms with E-state index in [2.05, 4.69) is 25.7 Å². The SMILES string of the molecule is C=CC(C)NCC(O)COCCCC(C)C. The minimum atomic E-state index is -0.429. The number of hydrogen-bond donors (Lipinski definition) is 2. The van der Waals surface area contributed by atoms with Crippen molar-refractivity contribution < 1.29 is 9.84 Å². The van der Waals surface area contributed by atoms with E-state index in [4.69, 9.17) is 4.74 Å². The molecule has 96 valence electrons. The van der Waals surface area contributed by atoms with Gasteiger partial charge in [-0.3, -0.25) is 0 Å². The summed E-state index contributed by atoms with van der Waals surface area (Å²) in [6.45, 7) is 11.8. The average molecular weight is 229 g/mol. The minimum Gasteiger partial charge on any atom is -0.389 e. The molecule has 3 nitrogen and oxygen atoms in total. The van der Waals surface area contributed by atoms with Crippen molar-refractivity contribution in [1.82, 2.24) is 5.32 Å². The maximum absolute atomic E-state index is 9.58. The monoisotopic (exact) mass is 229 g/mol. The van der Waals surface area contributed by atoms with E-state index in [9.17, 15) is 5.11 Å². The standard InChI is InChI=1S/C13H27NO2/c1-5-12(4)14-9-13(15)10-16-8-6-7-11(2)3/h5,11-15H,1,6-10H2,2-4H3. The van der Waals surface area contributed by atoms with Crippen LogP contribution in [0.4, 0.5) is 0 Å². The van der Waals surface area contributed by atoms with Crippen LogP contribution in [0.2, 0.25) is 0 Å². The van der Waals surface area contributed by atoms with E-state index in [1.807, 2.05) is 13.0 Å². The summed E-state index contributed by atoms with van der Waals surface area (Å²) >= 11 is 0. The van der Waals surface area contributed by atoms with Crippen molar-refractivity contribution in [2.24, 2.45) is 5.92 Å². The molecule has 0 rings (SSSR count). The van der Waals surface area contributed by atoms with E-state index in [0.29, 0.717) is 13.2 Å². The lowest BCUT2D eigenvalue weighted by atomic mass is 10.1. The first-order valence-corrected chi connectivity index (χ1v) is 6.18. The molecule has 16 heavy (non-hydrogen) atoms. The Labute approximate surface area is 99.9 Å². The average Bonchev–Trinajstić information content (AvgIpc) is 2.24. The van der Waals surface area contributed by atoms with Crippen molar-refractivity contribution in [2.45, 2.75) is 45.8 Å². The number of ether oxygens (including phenoxy) is 1. The van der Waals surface area contributed by atoms with E-state index in [1.54, 1.807) is 0 Å². The maximum Gasteiger partial charge on any atom is 0.0897 e. The van der Waals surface area contributed by atoms with E-state index in [-0.39, 0.29) is 6.04 Å². The fourth-order valence-electron chi connectivity index (χ4n) is 1.28. The van der Waals surface area contributed by atoms with Crippen LogP contribution >= 0.6 is 0 Å². The van der Waals surface area contributed by atoms with Crippen LogP contribution in [-0.2, 0) is 4.74 Å². The van der Waals surface area contributed by atoms with Crippen LogP contribution in [0.15, 0.2) is 12.7 Å². The van der Waals surface area contributed by atoms with Gasteiger partial charge in [0.25, 0.3) is 0 Å². The Hall–Kier alpha value is -0.380. The van der Waals surface area contributed by atoms with Crippen molar-refractivity contribution in [1.29, 1.82) is 0 Å². The summed E-state index contributed by atoms with van der Waals surface area (Å²) in [7, 11) is 0. The van der Waals surface area contributed by atoms with Gasteiger partial charge in [0, 0.05) is 19.2 Å². The first kappa shape index (κ1) is 15.6. The number of aliphatic hydroxyl groups excluding tert-OH is 1. The topological polar surface area (TPSA) is 41.5 Å². The maximum atomic E-state index is 9.58. The van der Waals surface area contributed by atoms with Crippen LogP contribution in [0.3, 0.4) is 0 Å². The Morgan fingerprint density at radius 1 is 1.38 bits per heavy atom. The number of nitrogens with one attached hydrogen (secondary N) is 1. The van der Waals surface area contributed by atoms with E-state index in [0.717, 1.165) is 18.9 Å². The molecule has 0 aromatic carbocycles. The predicted molar refractivity (Wildman–Crippen MR) is 68.6 cm³/mol. The Morgan fingerprint density at radius 3 is 2.62 bits per heavy atom. The molecular formula is C13H27NO2. The normalized spacial score (nSPS) is 15.1. The molecule has 0 aliphatic carbocycles. The van der Waals surface area contributed by atoms with Crippen molar-refractivity contribution >= 4 is 0 Å². The Kier molecular flexibility index (Phi) is 9.59. The summed E-state index contributed by atoms with van der Waals surface area (Å²) in [5.74, 6) is 0.726. The molecule has 0 aliphatic rings. The minimum absolute atomic E-state index is 0.232. The molecule has 0 saturated heterocycles. The molecule has 0 heterocycles. The van der Waals surface area contributed by atoms with Crippen molar-refractivity contribution in [3.05, 3.63) is 12.7 Å². The molecule has 0 radical (unpaired) electrons. The van der Waals surface area contributed by atoms with Gasteiger partial charge in [-0.1, -0.05) is 19.9 Å². The molecule has 0 aliphatic heterocycles. The second-order valence-electron chi connectivity index (χ2n) is 4.70. The first-order valence-electron chi connectivity index (χ1n) is 6.18. The fourth-order valence-corrected chi connectivity index (χ4v) is 1.28. The molecule has 0 spiro atoms. The summed E-state index contributed by atoms with van der Waals surface area (Å²) in [4.78, 5) is 0. The van der Waals surface area contributed by atoms with Gasteiger partial charge < -0.3 is 15.2 Å². The lowest BCUT2D eigenvalue weighted by molar-refractivity contribution is 0.0343. The van der Waals surface area contributed by atoms with E-state index in [1.165, 1.54) is 6.42 Å². The zero-order chi connectivity index (χ0) is 12.4. The van der Waals surface area contributed by atoms with Crippen LogP contribution in [-0.4, -0.2) is 37.0 Å². The van der Waals surface area contributed by atoms with Gasteiger partial charge in [0.1, 0.15) is 0 Å². The quantitative estimate of drug-likeness (QED) is 0.444. The second-order valence-corrected chi connectivity index (χ2v) is 4.70. The molecular weight excluding hydrogens is 202 g/mol.